The SMILES string of the molecule is COC(=O)c1cn(C2CC2)cc2c(=O)n(-c3ccc(OC)cc3)nc1-2. The van der Waals surface area contributed by atoms with Gasteiger partial charge in [-0.15, -0.1) is 0 Å². The monoisotopic (exact) mass is 339 g/mol. The van der Waals surface area contributed by atoms with Gasteiger partial charge >= 0.3 is 5.97 Å². The van der Waals surface area contributed by atoms with Crippen molar-refractivity contribution >= 4 is 5.97 Å². The largest absolute Gasteiger partial charge is 0.497 e. The molecule has 0 bridgehead atoms. The number of nitrogens with zero attached hydrogens (tertiary/aromatic N) is 3. The van der Waals surface area contributed by atoms with E-state index in [1.54, 1.807) is 43.8 Å². The van der Waals surface area contributed by atoms with Gasteiger partial charge in [-0.3, -0.25) is 4.79 Å². The second-order valence-corrected chi connectivity index (χ2v) is 6.02. The fourth-order valence-corrected chi connectivity index (χ4v) is 2.87. The third kappa shape index (κ3) is 2.57. The molecule has 4 rings (SSSR count). The highest BCUT2D eigenvalue weighted by molar-refractivity contribution is 5.96. The molecule has 128 valence electrons. The van der Waals surface area contributed by atoms with Crippen molar-refractivity contribution in [1.82, 2.24) is 14.3 Å². The van der Waals surface area contributed by atoms with E-state index in [1.807, 2.05) is 4.57 Å². The van der Waals surface area contributed by atoms with Crippen LogP contribution in [0, 0.1) is 0 Å². The summed E-state index contributed by atoms with van der Waals surface area (Å²) in [6, 6.07) is 7.34. The number of carbonyl (C=O) groups is 1. The third-order valence-electron chi connectivity index (χ3n) is 4.38. The van der Waals surface area contributed by atoms with E-state index >= 15 is 0 Å². The minimum atomic E-state index is -0.501. The average Bonchev–Trinajstić information content (AvgIpc) is 3.45. The Hall–Kier alpha value is -3.09. The average molecular weight is 339 g/mol. The van der Waals surface area contributed by atoms with Crippen LogP contribution >= 0.6 is 0 Å². The molecule has 1 aromatic carbocycles. The summed E-state index contributed by atoms with van der Waals surface area (Å²) in [5.41, 5.74) is 1.41. The lowest BCUT2D eigenvalue weighted by molar-refractivity contribution is 0.0600. The Morgan fingerprint density at radius 2 is 1.88 bits per heavy atom. The zero-order valence-electron chi connectivity index (χ0n) is 13.9. The van der Waals surface area contributed by atoms with Gasteiger partial charge in [-0.1, -0.05) is 0 Å². The Morgan fingerprint density at radius 3 is 2.48 bits per heavy atom. The Morgan fingerprint density at radius 1 is 1.16 bits per heavy atom. The van der Waals surface area contributed by atoms with Crippen molar-refractivity contribution in [3.8, 4) is 22.7 Å². The topological polar surface area (TPSA) is 75.3 Å². The van der Waals surface area contributed by atoms with Gasteiger partial charge in [0.2, 0.25) is 0 Å². The Bertz CT molecular complexity index is 967. The molecule has 0 saturated heterocycles. The van der Waals surface area contributed by atoms with Crippen LogP contribution in [0.15, 0.2) is 41.5 Å². The van der Waals surface area contributed by atoms with E-state index in [-0.39, 0.29) is 5.56 Å². The molecule has 0 unspecified atom stereocenters. The van der Waals surface area contributed by atoms with E-state index in [0.29, 0.717) is 34.3 Å². The minimum absolute atomic E-state index is 0.264. The first-order valence-electron chi connectivity index (χ1n) is 7.99. The van der Waals surface area contributed by atoms with Gasteiger partial charge in [0.25, 0.3) is 5.56 Å². The van der Waals surface area contributed by atoms with Crippen molar-refractivity contribution in [2.45, 2.75) is 18.9 Å². The molecular weight excluding hydrogens is 322 g/mol. The third-order valence-corrected chi connectivity index (χ3v) is 4.38. The molecule has 0 amide bonds. The second-order valence-electron chi connectivity index (χ2n) is 6.02. The van der Waals surface area contributed by atoms with Crippen LogP contribution in [0.4, 0.5) is 0 Å². The zero-order chi connectivity index (χ0) is 17.6. The standard InChI is InChI=1S/C18H17N3O4/c1-24-13-7-5-12(6-8-13)21-17(22)14-9-20(11-3-4-11)10-15(16(14)19-21)18(23)25-2/h5-11H,3-4H2,1-2H3. The molecule has 1 aromatic rings. The fraction of sp³-hybridized carbons (Fsp3) is 0.278. The molecule has 7 nitrogen and oxygen atoms in total. The molecule has 0 radical (unpaired) electrons. The first kappa shape index (κ1) is 15.4. The zero-order valence-corrected chi connectivity index (χ0v) is 13.9. The predicted molar refractivity (Wildman–Crippen MR) is 90.6 cm³/mol. The van der Waals surface area contributed by atoms with E-state index in [4.69, 9.17) is 9.47 Å². The molecule has 7 heteroatoms. The lowest BCUT2D eigenvalue weighted by atomic mass is 10.1. The summed E-state index contributed by atoms with van der Waals surface area (Å²) in [4.78, 5) is 25.0. The van der Waals surface area contributed by atoms with E-state index in [0.717, 1.165) is 12.8 Å². The normalized spacial score (nSPS) is 13.8. The number of esters is 1. The molecule has 1 aliphatic carbocycles. The lowest BCUT2D eigenvalue weighted by Gasteiger charge is -2.10. The molecule has 2 heterocycles. The van der Waals surface area contributed by atoms with E-state index in [1.165, 1.54) is 11.8 Å². The summed E-state index contributed by atoms with van der Waals surface area (Å²) < 4.78 is 13.2. The number of methoxy groups -OCH3 is 2. The molecule has 3 aliphatic rings. The maximum atomic E-state index is 12.8. The minimum Gasteiger partial charge on any atom is -0.497 e. The number of carbonyl (C=O) groups excluding carboxylic acids is 1. The first-order chi connectivity index (χ1) is 12.1. The highest BCUT2D eigenvalue weighted by Crippen LogP contribution is 2.36. The Labute approximate surface area is 143 Å². The van der Waals surface area contributed by atoms with Crippen molar-refractivity contribution in [2.24, 2.45) is 0 Å². The van der Waals surface area contributed by atoms with Gasteiger partial charge in [-0.05, 0) is 37.1 Å². The van der Waals surface area contributed by atoms with Crippen LogP contribution < -0.4 is 10.3 Å². The summed E-state index contributed by atoms with van der Waals surface area (Å²) in [5, 5.41) is 4.38. The van der Waals surface area contributed by atoms with Crippen molar-refractivity contribution in [2.75, 3.05) is 14.2 Å². The predicted octanol–water partition coefficient (Wildman–Crippen LogP) is 2.27. The fourth-order valence-electron chi connectivity index (χ4n) is 2.87. The van der Waals surface area contributed by atoms with Crippen LogP contribution in [0.3, 0.4) is 0 Å². The number of hydrogen-bond acceptors (Lipinski definition) is 5. The van der Waals surface area contributed by atoms with Crippen LogP contribution in [-0.2, 0) is 4.74 Å². The summed E-state index contributed by atoms with van der Waals surface area (Å²) in [5.74, 6) is 0.189. The maximum Gasteiger partial charge on any atom is 0.341 e. The van der Waals surface area contributed by atoms with Gasteiger partial charge < -0.3 is 14.0 Å². The summed E-state index contributed by atoms with van der Waals surface area (Å²) >= 11 is 0. The number of rotatable bonds is 4. The van der Waals surface area contributed by atoms with Crippen LogP contribution in [0.2, 0.25) is 0 Å². The lowest BCUT2D eigenvalue weighted by Crippen LogP contribution is -2.15. The molecule has 0 aromatic heterocycles. The highest BCUT2D eigenvalue weighted by atomic mass is 16.5. The van der Waals surface area contributed by atoms with Gasteiger partial charge in [-0.2, -0.15) is 9.78 Å². The smallest absolute Gasteiger partial charge is 0.341 e. The van der Waals surface area contributed by atoms with Crippen LogP contribution in [0.1, 0.15) is 29.2 Å². The molecule has 0 atom stereocenters. The Balaban J connectivity index is 1.91. The number of hydrogen-bond donors (Lipinski definition) is 0. The number of pyridine rings is 1. The number of fused-ring (bicyclic) bond motifs is 1. The second kappa shape index (κ2) is 5.77. The van der Waals surface area contributed by atoms with Gasteiger partial charge in [-0.25, -0.2) is 4.79 Å². The van der Waals surface area contributed by atoms with E-state index in [2.05, 4.69) is 5.10 Å². The van der Waals surface area contributed by atoms with E-state index in [9.17, 15) is 9.59 Å². The number of benzene rings is 1. The first-order valence-corrected chi connectivity index (χ1v) is 7.99. The van der Waals surface area contributed by atoms with Crippen molar-refractivity contribution in [1.29, 1.82) is 0 Å². The van der Waals surface area contributed by atoms with Crippen molar-refractivity contribution in [3.63, 3.8) is 0 Å². The van der Waals surface area contributed by atoms with Gasteiger partial charge in [0, 0.05) is 18.4 Å². The molecule has 0 N–H and O–H groups in total. The van der Waals surface area contributed by atoms with Gasteiger partial charge in [0.05, 0.1) is 25.5 Å². The quantitative estimate of drug-likeness (QED) is 0.682. The molecule has 1 fully saturated rings. The van der Waals surface area contributed by atoms with Crippen LogP contribution in [-0.4, -0.2) is 34.5 Å². The Kier molecular flexibility index (Phi) is 3.56. The molecule has 1 saturated carbocycles. The molecule has 2 aliphatic heterocycles. The van der Waals surface area contributed by atoms with Gasteiger partial charge in [0.15, 0.2) is 0 Å². The van der Waals surface area contributed by atoms with Crippen molar-refractivity contribution in [3.05, 3.63) is 52.6 Å². The summed E-state index contributed by atoms with van der Waals surface area (Å²) in [6.07, 6.45) is 5.57. The van der Waals surface area contributed by atoms with Gasteiger partial charge in [0.1, 0.15) is 17.0 Å². The summed E-state index contributed by atoms with van der Waals surface area (Å²) in [7, 11) is 2.90. The summed E-state index contributed by atoms with van der Waals surface area (Å²) in [6.45, 7) is 0. The highest BCUT2D eigenvalue weighted by Gasteiger charge is 2.29. The number of ether oxygens (including phenoxy) is 2. The van der Waals surface area contributed by atoms with Crippen molar-refractivity contribution < 1.29 is 14.3 Å². The molecule has 25 heavy (non-hydrogen) atoms. The molecular formula is C18H17N3O4. The van der Waals surface area contributed by atoms with Crippen LogP contribution in [0.25, 0.3) is 16.9 Å². The molecule has 0 spiro atoms. The number of aromatic nitrogens is 3. The van der Waals surface area contributed by atoms with Crippen LogP contribution in [0.5, 0.6) is 5.75 Å². The van der Waals surface area contributed by atoms with E-state index < -0.39 is 5.97 Å². The maximum absolute atomic E-state index is 12.8.